The molecule has 0 saturated carbocycles. The fourth-order valence-electron chi connectivity index (χ4n) is 1.80. The minimum atomic E-state index is 0.740. The first kappa shape index (κ1) is 15.0. The number of rotatable bonds is 9. The normalized spacial score (nSPS) is 10.6. The highest BCUT2D eigenvalue weighted by Gasteiger charge is 2.03. The van der Waals surface area contributed by atoms with E-state index in [4.69, 9.17) is 4.74 Å². The molecule has 0 spiro atoms. The van der Waals surface area contributed by atoms with Gasteiger partial charge in [0.1, 0.15) is 0 Å². The number of hydrogen-bond acceptors (Lipinski definition) is 3. The Balaban J connectivity index is 2.70. The molecule has 1 aromatic heterocycles. The lowest BCUT2D eigenvalue weighted by atomic mass is 10.1. The molecule has 0 bridgehead atoms. The maximum Gasteiger partial charge on any atom is 0.213 e. The van der Waals surface area contributed by atoms with Crippen molar-refractivity contribution in [3.8, 4) is 5.88 Å². The van der Waals surface area contributed by atoms with Crippen molar-refractivity contribution in [1.29, 1.82) is 0 Å². The SMILES string of the molecule is CCCNCc1cc(CCC)nc(OCCC)c1. The fraction of sp³-hybridized carbons (Fsp3) is 0.667. The molecule has 0 aliphatic carbocycles. The lowest BCUT2D eigenvalue weighted by Gasteiger charge is -2.10. The van der Waals surface area contributed by atoms with E-state index >= 15 is 0 Å². The van der Waals surface area contributed by atoms with Crippen LogP contribution in [0.2, 0.25) is 0 Å². The van der Waals surface area contributed by atoms with Gasteiger partial charge in [0.05, 0.1) is 6.61 Å². The molecule has 0 radical (unpaired) electrons. The Kier molecular flexibility index (Phi) is 7.42. The molecule has 0 fully saturated rings. The monoisotopic (exact) mass is 250 g/mol. The zero-order chi connectivity index (χ0) is 13.2. The largest absolute Gasteiger partial charge is 0.478 e. The van der Waals surface area contributed by atoms with Gasteiger partial charge in [0, 0.05) is 18.3 Å². The Morgan fingerprint density at radius 1 is 1.11 bits per heavy atom. The maximum absolute atomic E-state index is 5.65. The smallest absolute Gasteiger partial charge is 0.213 e. The lowest BCUT2D eigenvalue weighted by Crippen LogP contribution is -2.14. The number of pyridine rings is 1. The van der Waals surface area contributed by atoms with Gasteiger partial charge >= 0.3 is 0 Å². The van der Waals surface area contributed by atoms with Gasteiger partial charge in [-0.1, -0.05) is 27.2 Å². The fourth-order valence-corrected chi connectivity index (χ4v) is 1.80. The van der Waals surface area contributed by atoms with Crippen LogP contribution in [0.5, 0.6) is 5.88 Å². The van der Waals surface area contributed by atoms with Crippen LogP contribution in [0.15, 0.2) is 12.1 Å². The topological polar surface area (TPSA) is 34.2 Å². The van der Waals surface area contributed by atoms with Crippen molar-refractivity contribution in [1.82, 2.24) is 10.3 Å². The van der Waals surface area contributed by atoms with Gasteiger partial charge in [-0.2, -0.15) is 0 Å². The van der Waals surface area contributed by atoms with Gasteiger partial charge in [-0.05, 0) is 37.4 Å². The summed E-state index contributed by atoms with van der Waals surface area (Å²) in [4.78, 5) is 4.54. The van der Waals surface area contributed by atoms with Gasteiger partial charge in [0.25, 0.3) is 0 Å². The summed E-state index contributed by atoms with van der Waals surface area (Å²) < 4.78 is 5.65. The second kappa shape index (κ2) is 8.92. The predicted molar refractivity (Wildman–Crippen MR) is 76.0 cm³/mol. The summed E-state index contributed by atoms with van der Waals surface area (Å²) in [7, 11) is 0. The molecule has 18 heavy (non-hydrogen) atoms. The van der Waals surface area contributed by atoms with Crippen LogP contribution in [-0.2, 0) is 13.0 Å². The van der Waals surface area contributed by atoms with Crippen LogP contribution in [0.3, 0.4) is 0 Å². The highest BCUT2D eigenvalue weighted by molar-refractivity contribution is 5.25. The minimum absolute atomic E-state index is 0.740. The molecule has 3 heteroatoms. The van der Waals surface area contributed by atoms with Gasteiger partial charge in [0.2, 0.25) is 5.88 Å². The molecular weight excluding hydrogens is 224 g/mol. The van der Waals surface area contributed by atoms with E-state index in [9.17, 15) is 0 Å². The Labute approximate surface area is 111 Å². The number of ether oxygens (including phenoxy) is 1. The molecule has 3 nitrogen and oxygen atoms in total. The van der Waals surface area contributed by atoms with E-state index in [-0.39, 0.29) is 0 Å². The van der Waals surface area contributed by atoms with Gasteiger partial charge < -0.3 is 10.1 Å². The van der Waals surface area contributed by atoms with Gasteiger partial charge in [-0.3, -0.25) is 0 Å². The molecule has 102 valence electrons. The Hall–Kier alpha value is -1.09. The van der Waals surface area contributed by atoms with Crippen molar-refractivity contribution in [2.45, 2.75) is 53.0 Å². The van der Waals surface area contributed by atoms with E-state index in [2.05, 4.69) is 43.2 Å². The van der Waals surface area contributed by atoms with Crippen molar-refractivity contribution in [3.05, 3.63) is 23.4 Å². The summed E-state index contributed by atoms with van der Waals surface area (Å²) in [6.45, 7) is 9.16. The van der Waals surface area contributed by atoms with Crippen LogP contribution in [0.1, 0.15) is 51.3 Å². The standard InChI is InChI=1S/C15H26N2O/c1-4-7-14-10-13(12-16-8-5-2)11-15(17-14)18-9-6-3/h10-11,16H,4-9,12H2,1-3H3. The van der Waals surface area contributed by atoms with Crippen LogP contribution < -0.4 is 10.1 Å². The predicted octanol–water partition coefficient (Wildman–Crippen LogP) is 3.32. The highest BCUT2D eigenvalue weighted by Crippen LogP contribution is 2.14. The number of nitrogens with one attached hydrogen (secondary N) is 1. The van der Waals surface area contributed by atoms with E-state index in [1.807, 2.05) is 0 Å². The zero-order valence-corrected chi connectivity index (χ0v) is 12.0. The molecule has 1 rings (SSSR count). The second-order valence-electron chi connectivity index (χ2n) is 4.58. The Morgan fingerprint density at radius 3 is 2.61 bits per heavy atom. The summed E-state index contributed by atoms with van der Waals surface area (Å²) in [5, 5.41) is 3.42. The van der Waals surface area contributed by atoms with Crippen molar-refractivity contribution >= 4 is 0 Å². The van der Waals surface area contributed by atoms with Gasteiger partial charge in [-0.25, -0.2) is 4.98 Å². The Morgan fingerprint density at radius 2 is 1.94 bits per heavy atom. The Bertz CT molecular complexity index is 339. The molecule has 0 unspecified atom stereocenters. The molecule has 0 aromatic carbocycles. The number of nitrogens with zero attached hydrogens (tertiary/aromatic N) is 1. The van der Waals surface area contributed by atoms with E-state index in [0.29, 0.717) is 0 Å². The molecule has 0 aliphatic heterocycles. The molecule has 1 aromatic rings. The molecule has 0 amide bonds. The van der Waals surface area contributed by atoms with Crippen LogP contribution in [0.4, 0.5) is 0 Å². The van der Waals surface area contributed by atoms with Crippen molar-refractivity contribution in [2.24, 2.45) is 0 Å². The third-order valence-corrected chi connectivity index (χ3v) is 2.63. The number of aryl methyl sites for hydroxylation is 1. The average molecular weight is 250 g/mol. The zero-order valence-electron chi connectivity index (χ0n) is 12.0. The van der Waals surface area contributed by atoms with Crippen LogP contribution in [-0.4, -0.2) is 18.1 Å². The summed E-state index contributed by atoms with van der Waals surface area (Å²) in [6.07, 6.45) is 4.31. The summed E-state index contributed by atoms with van der Waals surface area (Å²) >= 11 is 0. The van der Waals surface area contributed by atoms with Crippen molar-refractivity contribution < 1.29 is 4.74 Å². The van der Waals surface area contributed by atoms with E-state index in [0.717, 1.165) is 57.0 Å². The second-order valence-corrected chi connectivity index (χ2v) is 4.58. The summed E-state index contributed by atoms with van der Waals surface area (Å²) in [5.41, 5.74) is 2.41. The quantitative estimate of drug-likeness (QED) is 0.683. The van der Waals surface area contributed by atoms with Crippen molar-refractivity contribution in [3.63, 3.8) is 0 Å². The first-order chi connectivity index (χ1) is 8.80. The lowest BCUT2D eigenvalue weighted by molar-refractivity contribution is 0.304. The third-order valence-electron chi connectivity index (χ3n) is 2.63. The third kappa shape index (κ3) is 5.50. The van der Waals surface area contributed by atoms with Gasteiger partial charge in [0.15, 0.2) is 0 Å². The van der Waals surface area contributed by atoms with Gasteiger partial charge in [-0.15, -0.1) is 0 Å². The van der Waals surface area contributed by atoms with Crippen LogP contribution in [0.25, 0.3) is 0 Å². The molecule has 1 N–H and O–H groups in total. The molecule has 0 atom stereocenters. The van der Waals surface area contributed by atoms with E-state index in [1.54, 1.807) is 0 Å². The summed E-state index contributed by atoms with van der Waals surface area (Å²) in [6, 6.07) is 4.24. The molecular formula is C15H26N2O. The van der Waals surface area contributed by atoms with Crippen LogP contribution in [0, 0.1) is 0 Å². The first-order valence-electron chi connectivity index (χ1n) is 7.13. The molecule has 0 aliphatic rings. The minimum Gasteiger partial charge on any atom is -0.478 e. The van der Waals surface area contributed by atoms with Crippen molar-refractivity contribution in [2.75, 3.05) is 13.2 Å². The summed E-state index contributed by atoms with van der Waals surface area (Å²) in [5.74, 6) is 0.774. The molecule has 0 saturated heterocycles. The number of hydrogen-bond donors (Lipinski definition) is 1. The maximum atomic E-state index is 5.65. The van der Waals surface area contributed by atoms with E-state index < -0.39 is 0 Å². The molecule has 1 heterocycles. The van der Waals surface area contributed by atoms with Crippen LogP contribution >= 0.6 is 0 Å². The first-order valence-corrected chi connectivity index (χ1v) is 7.13. The average Bonchev–Trinajstić information content (AvgIpc) is 2.37. The highest BCUT2D eigenvalue weighted by atomic mass is 16.5. The number of aromatic nitrogens is 1. The van der Waals surface area contributed by atoms with E-state index in [1.165, 1.54) is 5.56 Å².